The molecule has 25 heavy (non-hydrogen) atoms. The fraction of sp³-hybridized carbons (Fsp3) is 0.316. The molecule has 6 heteroatoms. The zero-order valence-corrected chi connectivity index (χ0v) is 13.5. The van der Waals surface area contributed by atoms with Crippen LogP contribution in [0.4, 0.5) is 9.18 Å². The van der Waals surface area contributed by atoms with E-state index in [-0.39, 0.29) is 30.4 Å². The summed E-state index contributed by atoms with van der Waals surface area (Å²) in [6.07, 6.45) is -0.0300. The Balaban J connectivity index is 1.33. The van der Waals surface area contributed by atoms with Gasteiger partial charge in [-0.3, -0.25) is 0 Å². The van der Waals surface area contributed by atoms with Gasteiger partial charge in [0.1, 0.15) is 24.3 Å². The lowest BCUT2D eigenvalue weighted by Crippen LogP contribution is -2.49. The Bertz CT molecular complexity index is 798. The van der Waals surface area contributed by atoms with E-state index in [1.165, 1.54) is 12.1 Å². The SMILES string of the molecule is O=C(N[C@H]1COc2ccccc2[C@@H]1O)N[C@@H]1C[C@H]1c1cccc(F)c1. The molecular weight excluding hydrogens is 323 g/mol. The second-order valence-corrected chi connectivity index (χ2v) is 6.52. The van der Waals surface area contributed by atoms with Crippen molar-refractivity contribution >= 4 is 6.03 Å². The number of fused-ring (bicyclic) bond motifs is 1. The van der Waals surface area contributed by atoms with Gasteiger partial charge in [-0.05, 0) is 30.2 Å². The molecule has 4 atom stereocenters. The van der Waals surface area contributed by atoms with Crippen LogP contribution in [0.2, 0.25) is 0 Å². The van der Waals surface area contributed by atoms with Gasteiger partial charge < -0.3 is 20.5 Å². The van der Waals surface area contributed by atoms with Crippen molar-refractivity contribution in [1.29, 1.82) is 0 Å². The molecule has 0 unspecified atom stereocenters. The Morgan fingerprint density at radius 3 is 2.76 bits per heavy atom. The van der Waals surface area contributed by atoms with Crippen molar-refractivity contribution in [3.05, 3.63) is 65.5 Å². The number of aliphatic hydroxyl groups excluding tert-OH is 1. The Morgan fingerprint density at radius 2 is 1.92 bits per heavy atom. The molecule has 0 bridgehead atoms. The summed E-state index contributed by atoms with van der Waals surface area (Å²) in [6, 6.07) is 12.8. The lowest BCUT2D eigenvalue weighted by atomic mass is 9.99. The second kappa shape index (κ2) is 6.37. The van der Waals surface area contributed by atoms with Gasteiger partial charge in [0.15, 0.2) is 0 Å². The highest BCUT2D eigenvalue weighted by Crippen LogP contribution is 2.41. The van der Waals surface area contributed by atoms with Crippen molar-refractivity contribution in [2.45, 2.75) is 30.5 Å². The molecule has 2 aromatic carbocycles. The highest BCUT2D eigenvalue weighted by molar-refractivity contribution is 5.75. The molecule has 2 amide bonds. The van der Waals surface area contributed by atoms with E-state index in [1.807, 2.05) is 18.2 Å². The molecule has 1 aliphatic carbocycles. The molecule has 0 aromatic heterocycles. The number of carbonyl (C=O) groups excluding carboxylic acids is 1. The van der Waals surface area contributed by atoms with E-state index in [2.05, 4.69) is 10.6 Å². The number of nitrogens with one attached hydrogen (secondary N) is 2. The molecule has 1 saturated carbocycles. The Morgan fingerprint density at radius 1 is 1.12 bits per heavy atom. The molecule has 1 fully saturated rings. The van der Waals surface area contributed by atoms with E-state index in [1.54, 1.807) is 18.2 Å². The van der Waals surface area contributed by atoms with Crippen molar-refractivity contribution in [3.63, 3.8) is 0 Å². The highest BCUT2D eigenvalue weighted by atomic mass is 19.1. The van der Waals surface area contributed by atoms with Gasteiger partial charge in [0, 0.05) is 17.5 Å². The number of aliphatic hydroxyl groups is 1. The number of ether oxygens (including phenoxy) is 1. The van der Waals surface area contributed by atoms with Crippen LogP contribution in [0.5, 0.6) is 5.75 Å². The molecule has 5 nitrogen and oxygen atoms in total. The van der Waals surface area contributed by atoms with Crippen LogP contribution < -0.4 is 15.4 Å². The predicted octanol–water partition coefficient (Wildman–Crippen LogP) is 2.48. The predicted molar refractivity (Wildman–Crippen MR) is 89.9 cm³/mol. The van der Waals surface area contributed by atoms with Crippen molar-refractivity contribution in [2.75, 3.05) is 6.61 Å². The molecule has 0 spiro atoms. The number of hydrogen-bond donors (Lipinski definition) is 3. The van der Waals surface area contributed by atoms with Gasteiger partial charge in [-0.2, -0.15) is 0 Å². The van der Waals surface area contributed by atoms with E-state index >= 15 is 0 Å². The maximum Gasteiger partial charge on any atom is 0.315 e. The number of para-hydroxylation sites is 1. The van der Waals surface area contributed by atoms with Gasteiger partial charge >= 0.3 is 6.03 Å². The quantitative estimate of drug-likeness (QED) is 0.802. The molecule has 130 valence electrons. The minimum atomic E-state index is -0.811. The molecule has 0 radical (unpaired) electrons. The minimum Gasteiger partial charge on any atom is -0.491 e. The maximum absolute atomic E-state index is 13.3. The fourth-order valence-electron chi connectivity index (χ4n) is 3.30. The first-order valence-corrected chi connectivity index (χ1v) is 8.34. The maximum atomic E-state index is 13.3. The van der Waals surface area contributed by atoms with Crippen LogP contribution in [0.1, 0.15) is 29.6 Å². The topological polar surface area (TPSA) is 70.6 Å². The third-order valence-corrected chi connectivity index (χ3v) is 4.74. The van der Waals surface area contributed by atoms with Crippen LogP contribution in [0, 0.1) is 5.82 Å². The number of hydrogen-bond acceptors (Lipinski definition) is 3. The van der Waals surface area contributed by atoms with Crippen LogP contribution in [0.25, 0.3) is 0 Å². The van der Waals surface area contributed by atoms with Gasteiger partial charge in [0.2, 0.25) is 0 Å². The number of amides is 2. The minimum absolute atomic E-state index is 0.0178. The molecular formula is C19H19FN2O3. The van der Waals surface area contributed by atoms with Gasteiger partial charge in [-0.1, -0.05) is 30.3 Å². The zero-order valence-electron chi connectivity index (χ0n) is 13.5. The summed E-state index contributed by atoms with van der Waals surface area (Å²) >= 11 is 0. The molecule has 2 aromatic rings. The summed E-state index contributed by atoms with van der Waals surface area (Å²) < 4.78 is 18.9. The van der Waals surface area contributed by atoms with Crippen molar-refractivity contribution in [1.82, 2.24) is 10.6 Å². The van der Waals surface area contributed by atoms with E-state index < -0.39 is 12.1 Å². The zero-order chi connectivity index (χ0) is 17.4. The van der Waals surface area contributed by atoms with Crippen molar-refractivity contribution < 1.29 is 19.0 Å². The number of benzene rings is 2. The van der Waals surface area contributed by atoms with Crippen LogP contribution in [-0.2, 0) is 0 Å². The van der Waals surface area contributed by atoms with Crippen LogP contribution in [-0.4, -0.2) is 29.8 Å². The lowest BCUT2D eigenvalue weighted by Gasteiger charge is -2.30. The monoisotopic (exact) mass is 342 g/mol. The summed E-state index contributed by atoms with van der Waals surface area (Å²) in [5, 5.41) is 16.1. The summed E-state index contributed by atoms with van der Waals surface area (Å²) in [7, 11) is 0. The Kier molecular flexibility index (Phi) is 4.05. The average molecular weight is 342 g/mol. The van der Waals surface area contributed by atoms with Gasteiger partial charge in [-0.25, -0.2) is 9.18 Å². The molecule has 1 aliphatic heterocycles. The Hall–Kier alpha value is -2.60. The van der Waals surface area contributed by atoms with Crippen LogP contribution in [0.15, 0.2) is 48.5 Å². The van der Waals surface area contributed by atoms with Gasteiger partial charge in [0.05, 0.1) is 6.04 Å². The summed E-state index contributed by atoms with van der Waals surface area (Å²) in [5.74, 6) is 0.505. The molecule has 2 aliphatic rings. The van der Waals surface area contributed by atoms with E-state index in [0.717, 1.165) is 12.0 Å². The second-order valence-electron chi connectivity index (χ2n) is 6.52. The first-order chi connectivity index (χ1) is 12.1. The number of rotatable bonds is 3. The number of halogens is 1. The normalized spacial score (nSPS) is 27.0. The molecule has 0 saturated heterocycles. The lowest BCUT2D eigenvalue weighted by molar-refractivity contribution is 0.0774. The number of carbonyl (C=O) groups is 1. The van der Waals surface area contributed by atoms with E-state index in [4.69, 9.17) is 4.74 Å². The first kappa shape index (κ1) is 15.9. The Labute approximate surface area is 144 Å². The molecule has 4 rings (SSSR count). The first-order valence-electron chi connectivity index (χ1n) is 8.34. The molecule has 1 heterocycles. The van der Waals surface area contributed by atoms with Crippen LogP contribution in [0.3, 0.4) is 0 Å². The third kappa shape index (κ3) is 3.30. The highest BCUT2D eigenvalue weighted by Gasteiger charge is 2.40. The van der Waals surface area contributed by atoms with Crippen molar-refractivity contribution in [3.8, 4) is 5.75 Å². The van der Waals surface area contributed by atoms with E-state index in [0.29, 0.717) is 11.3 Å². The van der Waals surface area contributed by atoms with Gasteiger partial charge in [-0.15, -0.1) is 0 Å². The summed E-state index contributed by atoms with van der Waals surface area (Å²) in [4.78, 5) is 12.2. The largest absolute Gasteiger partial charge is 0.491 e. The summed E-state index contributed by atoms with van der Waals surface area (Å²) in [6.45, 7) is 0.212. The molecule has 3 N–H and O–H groups in total. The van der Waals surface area contributed by atoms with E-state index in [9.17, 15) is 14.3 Å². The fourth-order valence-corrected chi connectivity index (χ4v) is 3.30. The standard InChI is InChI=1S/C19H19FN2O3/c20-12-5-3-4-11(8-12)14-9-15(14)21-19(24)22-16-10-25-17-7-2-1-6-13(17)18(16)23/h1-8,14-16,18,23H,9-10H2,(H2,21,22,24)/t14-,15+,16-,18-/m0/s1. The smallest absolute Gasteiger partial charge is 0.315 e. The summed E-state index contributed by atoms with van der Waals surface area (Å²) in [5.41, 5.74) is 1.56. The van der Waals surface area contributed by atoms with Crippen LogP contribution >= 0.6 is 0 Å². The third-order valence-electron chi connectivity index (χ3n) is 4.74. The average Bonchev–Trinajstić information content (AvgIpc) is 3.37. The number of urea groups is 1. The van der Waals surface area contributed by atoms with Gasteiger partial charge in [0.25, 0.3) is 0 Å². The van der Waals surface area contributed by atoms with Crippen molar-refractivity contribution in [2.24, 2.45) is 0 Å².